The number of carbonyl (C=O) groups excluding carboxylic acids is 2. The Bertz CT molecular complexity index is 287. The molecule has 2 aliphatic heterocycles. The molecule has 0 saturated carbocycles. The van der Waals surface area contributed by atoms with Crippen molar-refractivity contribution in [3.8, 4) is 0 Å². The number of piperazine rings is 1. The molecule has 0 bridgehead atoms. The van der Waals surface area contributed by atoms with Crippen molar-refractivity contribution in [2.24, 2.45) is 5.92 Å². The fourth-order valence-corrected chi connectivity index (χ4v) is 2.56. The standard InChI is InChI=1S/C11H19N3O2/c1-2-9-11(16)13-10(15)7-14(9)6-8-3-4-12-5-8/h8-9,12H,2-7H2,1H3,(H,13,15,16). The Labute approximate surface area is 95.6 Å². The first-order chi connectivity index (χ1) is 7.70. The molecular weight excluding hydrogens is 206 g/mol. The molecular formula is C11H19N3O2. The van der Waals surface area contributed by atoms with Crippen molar-refractivity contribution in [3.63, 3.8) is 0 Å². The van der Waals surface area contributed by atoms with Crippen LogP contribution in [0.4, 0.5) is 0 Å². The van der Waals surface area contributed by atoms with Gasteiger partial charge in [-0.05, 0) is 31.8 Å². The molecule has 2 N–H and O–H groups in total. The van der Waals surface area contributed by atoms with Gasteiger partial charge in [-0.25, -0.2) is 0 Å². The average Bonchev–Trinajstić information content (AvgIpc) is 2.70. The van der Waals surface area contributed by atoms with Crippen LogP contribution in [0.1, 0.15) is 19.8 Å². The number of imide groups is 1. The predicted octanol–water partition coefficient (Wildman–Crippen LogP) is -0.667. The fraction of sp³-hybridized carbons (Fsp3) is 0.818. The quantitative estimate of drug-likeness (QED) is 0.626. The number of hydrogen-bond donors (Lipinski definition) is 2. The molecule has 2 amide bonds. The summed E-state index contributed by atoms with van der Waals surface area (Å²) in [5.41, 5.74) is 0. The Balaban J connectivity index is 1.98. The van der Waals surface area contributed by atoms with Gasteiger partial charge >= 0.3 is 0 Å². The molecule has 2 saturated heterocycles. The summed E-state index contributed by atoms with van der Waals surface area (Å²) >= 11 is 0. The van der Waals surface area contributed by atoms with Crippen molar-refractivity contribution in [1.82, 2.24) is 15.5 Å². The molecule has 0 aromatic carbocycles. The van der Waals surface area contributed by atoms with E-state index < -0.39 is 0 Å². The highest BCUT2D eigenvalue weighted by molar-refractivity contribution is 6.01. The molecule has 0 radical (unpaired) electrons. The van der Waals surface area contributed by atoms with Crippen molar-refractivity contribution < 1.29 is 9.59 Å². The summed E-state index contributed by atoms with van der Waals surface area (Å²) in [6.45, 7) is 5.25. The maximum atomic E-state index is 11.6. The van der Waals surface area contributed by atoms with Gasteiger partial charge in [-0.15, -0.1) is 0 Å². The second-order valence-electron chi connectivity index (χ2n) is 4.62. The number of nitrogens with zero attached hydrogens (tertiary/aromatic N) is 1. The molecule has 2 rings (SSSR count). The number of amides is 2. The summed E-state index contributed by atoms with van der Waals surface area (Å²) in [5, 5.41) is 5.71. The van der Waals surface area contributed by atoms with Gasteiger partial charge in [0, 0.05) is 6.54 Å². The summed E-state index contributed by atoms with van der Waals surface area (Å²) in [4.78, 5) is 25.0. The van der Waals surface area contributed by atoms with Crippen LogP contribution >= 0.6 is 0 Å². The van der Waals surface area contributed by atoms with Crippen LogP contribution in [0.2, 0.25) is 0 Å². The highest BCUT2D eigenvalue weighted by Gasteiger charge is 2.33. The van der Waals surface area contributed by atoms with Gasteiger partial charge in [-0.1, -0.05) is 6.92 Å². The molecule has 2 unspecified atom stereocenters. The van der Waals surface area contributed by atoms with E-state index in [0.29, 0.717) is 12.5 Å². The van der Waals surface area contributed by atoms with Crippen LogP contribution in [0.5, 0.6) is 0 Å². The van der Waals surface area contributed by atoms with E-state index >= 15 is 0 Å². The predicted molar refractivity (Wildman–Crippen MR) is 59.8 cm³/mol. The third-order valence-electron chi connectivity index (χ3n) is 3.39. The monoisotopic (exact) mass is 225 g/mol. The van der Waals surface area contributed by atoms with Gasteiger partial charge in [0.05, 0.1) is 12.6 Å². The molecule has 90 valence electrons. The number of carbonyl (C=O) groups is 2. The van der Waals surface area contributed by atoms with E-state index in [9.17, 15) is 9.59 Å². The third-order valence-corrected chi connectivity index (χ3v) is 3.39. The zero-order chi connectivity index (χ0) is 11.5. The van der Waals surface area contributed by atoms with Gasteiger partial charge in [0.1, 0.15) is 0 Å². The molecule has 0 aromatic heterocycles. The van der Waals surface area contributed by atoms with Gasteiger partial charge in [-0.3, -0.25) is 19.8 Å². The zero-order valence-electron chi connectivity index (χ0n) is 9.66. The van der Waals surface area contributed by atoms with Crippen molar-refractivity contribution >= 4 is 11.8 Å². The number of nitrogens with one attached hydrogen (secondary N) is 2. The molecule has 2 fully saturated rings. The van der Waals surface area contributed by atoms with Gasteiger partial charge in [0.15, 0.2) is 0 Å². The first-order valence-electron chi connectivity index (χ1n) is 5.99. The van der Waals surface area contributed by atoms with Gasteiger partial charge in [0.2, 0.25) is 11.8 Å². The highest BCUT2D eigenvalue weighted by atomic mass is 16.2. The lowest BCUT2D eigenvalue weighted by atomic mass is 10.0. The van der Waals surface area contributed by atoms with Crippen LogP contribution in [0, 0.1) is 5.92 Å². The number of hydrogen-bond acceptors (Lipinski definition) is 4. The largest absolute Gasteiger partial charge is 0.316 e. The van der Waals surface area contributed by atoms with Crippen LogP contribution in [-0.2, 0) is 9.59 Å². The van der Waals surface area contributed by atoms with Crippen molar-refractivity contribution in [2.75, 3.05) is 26.2 Å². The lowest BCUT2D eigenvalue weighted by molar-refractivity contribution is -0.140. The van der Waals surface area contributed by atoms with E-state index in [2.05, 4.69) is 10.6 Å². The molecule has 0 aliphatic carbocycles. The normalized spacial score (nSPS) is 31.8. The maximum absolute atomic E-state index is 11.6. The average molecular weight is 225 g/mol. The smallest absolute Gasteiger partial charge is 0.243 e. The minimum Gasteiger partial charge on any atom is -0.316 e. The van der Waals surface area contributed by atoms with E-state index in [-0.39, 0.29) is 17.9 Å². The zero-order valence-corrected chi connectivity index (χ0v) is 9.66. The van der Waals surface area contributed by atoms with Crippen LogP contribution < -0.4 is 10.6 Å². The van der Waals surface area contributed by atoms with Crippen molar-refractivity contribution in [3.05, 3.63) is 0 Å². The van der Waals surface area contributed by atoms with E-state index in [1.54, 1.807) is 0 Å². The molecule has 16 heavy (non-hydrogen) atoms. The van der Waals surface area contributed by atoms with Crippen molar-refractivity contribution in [1.29, 1.82) is 0 Å². The third kappa shape index (κ3) is 2.41. The maximum Gasteiger partial charge on any atom is 0.243 e. The Morgan fingerprint density at radius 2 is 2.25 bits per heavy atom. The van der Waals surface area contributed by atoms with Crippen LogP contribution in [0.3, 0.4) is 0 Å². The van der Waals surface area contributed by atoms with Gasteiger partial charge < -0.3 is 5.32 Å². The van der Waals surface area contributed by atoms with E-state index in [0.717, 1.165) is 32.5 Å². The molecule has 5 heteroatoms. The highest BCUT2D eigenvalue weighted by Crippen LogP contribution is 2.15. The minimum atomic E-state index is -0.166. The molecule has 5 nitrogen and oxygen atoms in total. The Morgan fingerprint density at radius 3 is 2.88 bits per heavy atom. The fourth-order valence-electron chi connectivity index (χ4n) is 2.56. The van der Waals surface area contributed by atoms with Crippen LogP contribution in [0.25, 0.3) is 0 Å². The molecule has 2 heterocycles. The Hall–Kier alpha value is -0.940. The number of rotatable bonds is 3. The lowest BCUT2D eigenvalue weighted by Gasteiger charge is -2.34. The minimum absolute atomic E-state index is 0.127. The SMILES string of the molecule is CCC1C(=O)NC(=O)CN1CC1CCNC1. The van der Waals surface area contributed by atoms with Gasteiger partial charge in [-0.2, -0.15) is 0 Å². The topological polar surface area (TPSA) is 61.4 Å². The van der Waals surface area contributed by atoms with Gasteiger partial charge in [0.25, 0.3) is 0 Å². The lowest BCUT2D eigenvalue weighted by Crippen LogP contribution is -2.58. The summed E-state index contributed by atoms with van der Waals surface area (Å²) in [6, 6.07) is -0.127. The summed E-state index contributed by atoms with van der Waals surface area (Å²) in [7, 11) is 0. The second kappa shape index (κ2) is 4.93. The molecule has 2 aliphatic rings. The van der Waals surface area contributed by atoms with E-state index in [4.69, 9.17) is 0 Å². The van der Waals surface area contributed by atoms with E-state index in [1.165, 1.54) is 0 Å². The molecule has 2 atom stereocenters. The Kier molecular flexibility index (Phi) is 3.56. The molecule has 0 aromatic rings. The summed E-state index contributed by atoms with van der Waals surface area (Å²) in [5.74, 6) is 0.276. The van der Waals surface area contributed by atoms with Crippen LogP contribution in [-0.4, -0.2) is 48.9 Å². The Morgan fingerprint density at radius 1 is 1.44 bits per heavy atom. The molecule has 0 spiro atoms. The van der Waals surface area contributed by atoms with Crippen LogP contribution in [0.15, 0.2) is 0 Å². The summed E-state index contributed by atoms with van der Waals surface area (Å²) < 4.78 is 0. The second-order valence-corrected chi connectivity index (χ2v) is 4.62. The first kappa shape index (κ1) is 11.5. The summed E-state index contributed by atoms with van der Waals surface area (Å²) in [6.07, 6.45) is 1.90. The van der Waals surface area contributed by atoms with E-state index in [1.807, 2.05) is 11.8 Å². The van der Waals surface area contributed by atoms with Crippen molar-refractivity contribution in [2.45, 2.75) is 25.8 Å². The first-order valence-corrected chi connectivity index (χ1v) is 5.99.